The van der Waals surface area contributed by atoms with Crippen molar-refractivity contribution < 1.29 is 19.2 Å². The number of aliphatic carboxylic acids is 1. The fraction of sp³-hybridized carbons (Fsp3) is 0.636. The zero-order valence-electron chi connectivity index (χ0n) is 11.0. The van der Waals surface area contributed by atoms with Crippen LogP contribution in [0.1, 0.15) is 32.5 Å². The number of rotatable bonds is 7. The van der Waals surface area contributed by atoms with Gasteiger partial charge in [0.1, 0.15) is 0 Å². The second-order valence-corrected chi connectivity index (χ2v) is 4.18. The minimum Gasteiger partial charge on any atom is -0.481 e. The van der Waals surface area contributed by atoms with Gasteiger partial charge in [-0.2, -0.15) is 4.98 Å². The molecule has 8 nitrogen and oxygen atoms in total. The lowest BCUT2D eigenvalue weighted by Crippen LogP contribution is -2.45. The molecular weight excluding hydrogens is 252 g/mol. The first-order valence-electron chi connectivity index (χ1n) is 6.04. The molecule has 3 N–H and O–H groups in total. The minimum atomic E-state index is -0.927. The van der Waals surface area contributed by atoms with E-state index in [1.54, 1.807) is 13.8 Å². The minimum absolute atomic E-state index is 0.0768. The summed E-state index contributed by atoms with van der Waals surface area (Å²) in [5.74, 6) is -0.554. The second-order valence-electron chi connectivity index (χ2n) is 4.18. The van der Waals surface area contributed by atoms with Gasteiger partial charge in [-0.05, 0) is 12.8 Å². The van der Waals surface area contributed by atoms with Gasteiger partial charge in [0.05, 0.1) is 12.0 Å². The van der Waals surface area contributed by atoms with Crippen LogP contribution in [0.3, 0.4) is 0 Å². The Morgan fingerprint density at radius 3 is 2.53 bits per heavy atom. The van der Waals surface area contributed by atoms with E-state index in [1.165, 1.54) is 6.39 Å². The molecule has 0 saturated heterocycles. The molecule has 0 aliphatic rings. The number of amides is 2. The Morgan fingerprint density at radius 2 is 2.05 bits per heavy atom. The highest BCUT2D eigenvalue weighted by molar-refractivity contribution is 5.78. The topological polar surface area (TPSA) is 117 Å². The predicted octanol–water partition coefficient (Wildman–Crippen LogP) is 0.760. The molecule has 0 atom stereocenters. The number of carboxylic acids is 1. The van der Waals surface area contributed by atoms with E-state index in [2.05, 4.69) is 25.3 Å². The Kier molecular flexibility index (Phi) is 5.28. The van der Waals surface area contributed by atoms with Crippen molar-refractivity contribution in [1.29, 1.82) is 0 Å². The van der Waals surface area contributed by atoms with Crippen LogP contribution in [-0.4, -0.2) is 33.8 Å². The first kappa shape index (κ1) is 14.9. The number of nitrogens with zero attached hydrogens (tertiary/aromatic N) is 2. The van der Waals surface area contributed by atoms with Gasteiger partial charge in [-0.1, -0.05) is 19.0 Å². The SMILES string of the molecule is CCC(CC)(CNC(=O)NCc1ncon1)C(=O)O. The molecule has 8 heteroatoms. The number of hydrogen-bond donors (Lipinski definition) is 3. The highest BCUT2D eigenvalue weighted by atomic mass is 16.5. The Morgan fingerprint density at radius 1 is 1.37 bits per heavy atom. The lowest BCUT2D eigenvalue weighted by Gasteiger charge is -2.26. The highest BCUT2D eigenvalue weighted by Gasteiger charge is 2.35. The van der Waals surface area contributed by atoms with E-state index >= 15 is 0 Å². The van der Waals surface area contributed by atoms with Crippen molar-refractivity contribution in [3.8, 4) is 0 Å². The first-order valence-corrected chi connectivity index (χ1v) is 6.04. The molecule has 0 aliphatic carbocycles. The van der Waals surface area contributed by atoms with Crippen molar-refractivity contribution in [1.82, 2.24) is 20.8 Å². The molecule has 0 aliphatic heterocycles. The highest BCUT2D eigenvalue weighted by Crippen LogP contribution is 2.25. The van der Waals surface area contributed by atoms with Crippen molar-refractivity contribution in [3.05, 3.63) is 12.2 Å². The van der Waals surface area contributed by atoms with Gasteiger partial charge in [0.2, 0.25) is 6.39 Å². The summed E-state index contributed by atoms with van der Waals surface area (Å²) in [6, 6.07) is -0.461. The lowest BCUT2D eigenvalue weighted by atomic mass is 9.82. The maximum atomic E-state index is 11.5. The zero-order valence-corrected chi connectivity index (χ0v) is 11.0. The molecule has 19 heavy (non-hydrogen) atoms. The third-order valence-electron chi connectivity index (χ3n) is 3.21. The van der Waals surface area contributed by atoms with Crippen molar-refractivity contribution in [2.24, 2.45) is 5.41 Å². The fourth-order valence-electron chi connectivity index (χ4n) is 1.62. The molecule has 106 valence electrons. The molecule has 0 bridgehead atoms. The molecule has 1 heterocycles. The number of carboxylic acid groups (broad SMARTS) is 1. The summed E-state index contributed by atoms with van der Waals surface area (Å²) in [6.07, 6.45) is 2.06. The fourth-order valence-corrected chi connectivity index (χ4v) is 1.62. The normalized spacial score (nSPS) is 11.1. The molecule has 2 amide bonds. The first-order chi connectivity index (χ1) is 9.04. The van der Waals surface area contributed by atoms with Gasteiger partial charge >= 0.3 is 12.0 Å². The Labute approximate surface area is 110 Å². The van der Waals surface area contributed by atoms with Crippen molar-refractivity contribution in [2.75, 3.05) is 6.54 Å². The van der Waals surface area contributed by atoms with E-state index in [9.17, 15) is 14.7 Å². The molecule has 0 unspecified atom stereocenters. The quantitative estimate of drug-likeness (QED) is 0.673. The molecule has 0 aromatic carbocycles. The van der Waals surface area contributed by atoms with Crippen LogP contribution in [0.25, 0.3) is 0 Å². The van der Waals surface area contributed by atoms with Crippen LogP contribution in [0.2, 0.25) is 0 Å². The zero-order chi connectivity index (χ0) is 14.3. The summed E-state index contributed by atoms with van der Waals surface area (Å²) in [5, 5.41) is 17.8. The summed E-state index contributed by atoms with van der Waals surface area (Å²) in [5.41, 5.74) is -0.927. The monoisotopic (exact) mass is 270 g/mol. The maximum absolute atomic E-state index is 11.5. The summed E-state index contributed by atoms with van der Waals surface area (Å²) in [4.78, 5) is 26.5. The number of aromatic nitrogens is 2. The largest absolute Gasteiger partial charge is 0.481 e. The summed E-state index contributed by atoms with van der Waals surface area (Å²) < 4.78 is 4.52. The molecule has 0 spiro atoms. The van der Waals surface area contributed by atoms with Crippen LogP contribution < -0.4 is 10.6 Å². The van der Waals surface area contributed by atoms with E-state index < -0.39 is 17.4 Å². The summed E-state index contributed by atoms with van der Waals surface area (Å²) >= 11 is 0. The van der Waals surface area contributed by atoms with Gasteiger partial charge in [0.15, 0.2) is 5.82 Å². The van der Waals surface area contributed by atoms with Crippen LogP contribution in [0.15, 0.2) is 10.9 Å². The molecule has 0 fully saturated rings. The maximum Gasteiger partial charge on any atom is 0.315 e. The Bertz CT molecular complexity index is 414. The van der Waals surface area contributed by atoms with Gasteiger partial charge in [0, 0.05) is 6.54 Å². The van der Waals surface area contributed by atoms with E-state index in [1.807, 2.05) is 0 Å². The number of nitrogens with one attached hydrogen (secondary N) is 2. The average Bonchev–Trinajstić information content (AvgIpc) is 2.91. The average molecular weight is 270 g/mol. The van der Waals surface area contributed by atoms with Gasteiger partial charge in [-0.15, -0.1) is 0 Å². The van der Waals surface area contributed by atoms with Crippen molar-refractivity contribution in [3.63, 3.8) is 0 Å². The Hall–Kier alpha value is -2.12. The van der Waals surface area contributed by atoms with Crippen LogP contribution >= 0.6 is 0 Å². The van der Waals surface area contributed by atoms with E-state index in [0.29, 0.717) is 18.7 Å². The van der Waals surface area contributed by atoms with E-state index in [4.69, 9.17) is 0 Å². The number of carbonyl (C=O) groups is 2. The van der Waals surface area contributed by atoms with Gasteiger partial charge < -0.3 is 20.3 Å². The number of urea groups is 1. The third-order valence-corrected chi connectivity index (χ3v) is 3.21. The standard InChI is InChI=1S/C11H18N4O4/c1-3-11(4-2,9(16)17)6-13-10(18)12-5-8-14-7-19-15-8/h7H,3-6H2,1-2H3,(H,16,17)(H2,12,13,18). The van der Waals surface area contributed by atoms with Gasteiger partial charge in [-0.3, -0.25) is 4.79 Å². The second kappa shape index (κ2) is 6.72. The molecule has 1 aromatic rings. The van der Waals surface area contributed by atoms with Crippen molar-refractivity contribution in [2.45, 2.75) is 33.2 Å². The summed E-state index contributed by atoms with van der Waals surface area (Å²) in [6.45, 7) is 3.78. The molecule has 0 saturated carbocycles. The Balaban J connectivity index is 2.42. The number of hydrogen-bond acceptors (Lipinski definition) is 5. The van der Waals surface area contributed by atoms with E-state index in [-0.39, 0.29) is 13.1 Å². The van der Waals surface area contributed by atoms with Crippen molar-refractivity contribution >= 4 is 12.0 Å². The lowest BCUT2D eigenvalue weighted by molar-refractivity contribution is -0.149. The van der Waals surface area contributed by atoms with Crippen LogP contribution in [0, 0.1) is 5.41 Å². The van der Waals surface area contributed by atoms with Gasteiger partial charge in [0.25, 0.3) is 0 Å². The predicted molar refractivity (Wildman–Crippen MR) is 65.2 cm³/mol. The van der Waals surface area contributed by atoms with Crippen LogP contribution in [-0.2, 0) is 11.3 Å². The van der Waals surface area contributed by atoms with Crippen LogP contribution in [0.5, 0.6) is 0 Å². The van der Waals surface area contributed by atoms with Crippen LogP contribution in [0.4, 0.5) is 4.79 Å². The molecule has 1 rings (SSSR count). The molecule has 1 aromatic heterocycles. The summed E-state index contributed by atoms with van der Waals surface area (Å²) in [7, 11) is 0. The van der Waals surface area contributed by atoms with E-state index in [0.717, 1.165) is 0 Å². The third kappa shape index (κ3) is 3.94. The smallest absolute Gasteiger partial charge is 0.315 e. The number of carbonyl (C=O) groups excluding carboxylic acids is 1. The van der Waals surface area contributed by atoms with Gasteiger partial charge in [-0.25, -0.2) is 4.79 Å². The molecular formula is C11H18N4O4. The molecule has 0 radical (unpaired) electrons.